The summed E-state index contributed by atoms with van der Waals surface area (Å²) in [7, 11) is 0. The van der Waals surface area contributed by atoms with Crippen LogP contribution in [0.3, 0.4) is 0 Å². The average Bonchev–Trinajstić information content (AvgIpc) is 2.90. The smallest absolute Gasteiger partial charge is 0.165 e. The maximum Gasteiger partial charge on any atom is 0.165 e. The van der Waals surface area contributed by atoms with Crippen LogP contribution in [0.4, 0.5) is 0 Å². The van der Waals surface area contributed by atoms with Gasteiger partial charge in [-0.05, 0) is 25.1 Å². The molecular formula is C15H11N5. The third-order valence-electron chi connectivity index (χ3n) is 3.26. The van der Waals surface area contributed by atoms with Crippen molar-refractivity contribution in [3.8, 4) is 5.82 Å². The first-order chi connectivity index (χ1) is 9.83. The summed E-state index contributed by atoms with van der Waals surface area (Å²) in [6, 6.07) is 9.90. The molecule has 0 atom stereocenters. The molecule has 96 valence electrons. The van der Waals surface area contributed by atoms with Gasteiger partial charge in [-0.3, -0.25) is 4.98 Å². The zero-order valence-corrected chi connectivity index (χ0v) is 10.9. The van der Waals surface area contributed by atoms with Gasteiger partial charge < -0.3 is 0 Å². The van der Waals surface area contributed by atoms with Crippen LogP contribution in [-0.2, 0) is 0 Å². The number of aryl methyl sites for hydroxylation is 1. The van der Waals surface area contributed by atoms with Gasteiger partial charge in [0.2, 0.25) is 0 Å². The maximum atomic E-state index is 4.56. The van der Waals surface area contributed by atoms with Crippen LogP contribution in [-0.4, -0.2) is 24.7 Å². The minimum atomic E-state index is 0.733. The van der Waals surface area contributed by atoms with Crippen molar-refractivity contribution in [1.82, 2.24) is 24.7 Å². The number of para-hydroxylation sites is 1. The minimum absolute atomic E-state index is 0.733. The molecule has 5 heteroatoms. The summed E-state index contributed by atoms with van der Waals surface area (Å²) in [5.74, 6) is 1.53. The Labute approximate surface area is 114 Å². The summed E-state index contributed by atoms with van der Waals surface area (Å²) in [5.41, 5.74) is 1.91. The van der Waals surface area contributed by atoms with Gasteiger partial charge in [0.05, 0.1) is 17.2 Å². The topological polar surface area (TPSA) is 56.5 Å². The number of rotatable bonds is 1. The molecule has 3 aromatic heterocycles. The average molecular weight is 261 g/mol. The first kappa shape index (κ1) is 11.0. The Balaban J connectivity index is 2.12. The zero-order valence-electron chi connectivity index (χ0n) is 10.9. The molecule has 0 saturated carbocycles. The second kappa shape index (κ2) is 4.09. The van der Waals surface area contributed by atoms with Crippen molar-refractivity contribution in [3.05, 3.63) is 54.7 Å². The van der Waals surface area contributed by atoms with Crippen molar-refractivity contribution in [2.45, 2.75) is 6.92 Å². The Bertz CT molecular complexity index is 926. The van der Waals surface area contributed by atoms with E-state index in [0.29, 0.717) is 0 Å². The molecular weight excluding hydrogens is 250 g/mol. The van der Waals surface area contributed by atoms with Crippen molar-refractivity contribution in [2.24, 2.45) is 0 Å². The van der Waals surface area contributed by atoms with E-state index in [4.69, 9.17) is 0 Å². The van der Waals surface area contributed by atoms with Gasteiger partial charge in [-0.2, -0.15) is 5.10 Å². The number of benzene rings is 1. The van der Waals surface area contributed by atoms with Crippen LogP contribution in [0, 0.1) is 6.92 Å². The van der Waals surface area contributed by atoms with E-state index in [0.717, 1.165) is 33.4 Å². The van der Waals surface area contributed by atoms with E-state index in [1.54, 1.807) is 18.6 Å². The first-order valence-corrected chi connectivity index (χ1v) is 6.34. The van der Waals surface area contributed by atoms with Gasteiger partial charge in [-0.15, -0.1) is 0 Å². The summed E-state index contributed by atoms with van der Waals surface area (Å²) in [6.45, 7) is 1.89. The van der Waals surface area contributed by atoms with E-state index in [2.05, 4.69) is 20.1 Å². The van der Waals surface area contributed by atoms with Crippen LogP contribution in [0.25, 0.3) is 27.6 Å². The molecule has 0 aliphatic heterocycles. The van der Waals surface area contributed by atoms with Gasteiger partial charge in [0.1, 0.15) is 5.82 Å². The summed E-state index contributed by atoms with van der Waals surface area (Å²) >= 11 is 0. The summed E-state index contributed by atoms with van der Waals surface area (Å²) in [4.78, 5) is 13.1. The molecule has 0 bridgehead atoms. The molecule has 0 saturated heterocycles. The fraction of sp³-hybridized carbons (Fsp3) is 0.0667. The largest absolute Gasteiger partial charge is 0.264 e. The Morgan fingerprint density at radius 1 is 1.00 bits per heavy atom. The van der Waals surface area contributed by atoms with Crippen LogP contribution in [0.1, 0.15) is 5.82 Å². The molecule has 3 heterocycles. The van der Waals surface area contributed by atoms with Gasteiger partial charge >= 0.3 is 0 Å². The predicted octanol–water partition coefficient (Wildman–Crippen LogP) is 2.67. The molecule has 5 nitrogen and oxygen atoms in total. The second-order valence-corrected chi connectivity index (χ2v) is 4.60. The Morgan fingerprint density at radius 3 is 2.85 bits per heavy atom. The van der Waals surface area contributed by atoms with E-state index in [9.17, 15) is 0 Å². The maximum absolute atomic E-state index is 4.56. The fourth-order valence-corrected chi connectivity index (χ4v) is 2.38. The van der Waals surface area contributed by atoms with Gasteiger partial charge in [-0.1, -0.05) is 12.1 Å². The Kier molecular flexibility index (Phi) is 2.26. The molecule has 0 N–H and O–H groups in total. The number of pyridine rings is 1. The highest BCUT2D eigenvalue weighted by Gasteiger charge is 2.11. The van der Waals surface area contributed by atoms with Gasteiger partial charge in [0, 0.05) is 23.2 Å². The molecule has 0 amide bonds. The SMILES string of the molecule is Cc1nc(-n2ncc3cnccc32)c2ccccc2n1. The van der Waals surface area contributed by atoms with Crippen molar-refractivity contribution < 1.29 is 0 Å². The number of hydrogen-bond acceptors (Lipinski definition) is 4. The molecule has 4 rings (SSSR count). The molecule has 0 radical (unpaired) electrons. The monoisotopic (exact) mass is 261 g/mol. The zero-order chi connectivity index (χ0) is 13.5. The Morgan fingerprint density at radius 2 is 1.90 bits per heavy atom. The van der Waals surface area contributed by atoms with E-state index in [1.807, 2.05) is 41.9 Å². The standard InChI is InChI=1S/C15H11N5/c1-10-18-13-5-3-2-4-12(13)15(19-10)20-14-6-7-16-8-11(14)9-17-20/h2-9H,1H3. The van der Waals surface area contributed by atoms with E-state index < -0.39 is 0 Å². The third-order valence-corrected chi connectivity index (χ3v) is 3.26. The fourth-order valence-electron chi connectivity index (χ4n) is 2.38. The highest BCUT2D eigenvalue weighted by Crippen LogP contribution is 2.22. The summed E-state index contributed by atoms with van der Waals surface area (Å²) < 4.78 is 1.84. The highest BCUT2D eigenvalue weighted by molar-refractivity contribution is 5.88. The van der Waals surface area contributed by atoms with Crippen molar-refractivity contribution in [2.75, 3.05) is 0 Å². The first-order valence-electron chi connectivity index (χ1n) is 6.34. The Hall–Kier alpha value is -2.82. The predicted molar refractivity (Wildman–Crippen MR) is 76.7 cm³/mol. The van der Waals surface area contributed by atoms with E-state index in [-0.39, 0.29) is 0 Å². The summed E-state index contributed by atoms with van der Waals surface area (Å²) in [5, 5.41) is 6.42. The van der Waals surface area contributed by atoms with E-state index in [1.165, 1.54) is 0 Å². The number of nitrogens with zero attached hydrogens (tertiary/aromatic N) is 5. The van der Waals surface area contributed by atoms with Crippen molar-refractivity contribution in [1.29, 1.82) is 0 Å². The molecule has 0 unspecified atom stereocenters. The van der Waals surface area contributed by atoms with Crippen LogP contribution < -0.4 is 0 Å². The van der Waals surface area contributed by atoms with Gasteiger partial charge in [0.15, 0.2) is 5.82 Å². The number of aromatic nitrogens is 5. The lowest BCUT2D eigenvalue weighted by Gasteiger charge is -2.07. The third kappa shape index (κ3) is 1.56. The highest BCUT2D eigenvalue weighted by atomic mass is 15.3. The summed E-state index contributed by atoms with van der Waals surface area (Å²) in [6.07, 6.45) is 5.36. The molecule has 0 spiro atoms. The lowest BCUT2D eigenvalue weighted by molar-refractivity contribution is 0.866. The molecule has 4 aromatic rings. The van der Waals surface area contributed by atoms with Gasteiger partial charge in [-0.25, -0.2) is 14.6 Å². The van der Waals surface area contributed by atoms with Crippen LogP contribution in [0.15, 0.2) is 48.9 Å². The molecule has 20 heavy (non-hydrogen) atoms. The quantitative estimate of drug-likeness (QED) is 0.528. The normalized spacial score (nSPS) is 11.2. The number of fused-ring (bicyclic) bond motifs is 2. The molecule has 0 aliphatic carbocycles. The lowest BCUT2D eigenvalue weighted by atomic mass is 10.2. The number of hydrogen-bond donors (Lipinski definition) is 0. The van der Waals surface area contributed by atoms with Crippen LogP contribution in [0.2, 0.25) is 0 Å². The van der Waals surface area contributed by atoms with Crippen molar-refractivity contribution >= 4 is 21.8 Å². The minimum Gasteiger partial charge on any atom is -0.264 e. The lowest BCUT2D eigenvalue weighted by Crippen LogP contribution is -2.03. The molecule has 0 aliphatic rings. The molecule has 0 fully saturated rings. The van der Waals surface area contributed by atoms with E-state index >= 15 is 0 Å². The second-order valence-electron chi connectivity index (χ2n) is 4.60. The van der Waals surface area contributed by atoms with Gasteiger partial charge in [0.25, 0.3) is 0 Å². The van der Waals surface area contributed by atoms with Crippen molar-refractivity contribution in [3.63, 3.8) is 0 Å². The van der Waals surface area contributed by atoms with Crippen LogP contribution >= 0.6 is 0 Å². The molecule has 1 aromatic carbocycles. The van der Waals surface area contributed by atoms with Crippen LogP contribution in [0.5, 0.6) is 0 Å².